The van der Waals surface area contributed by atoms with Crippen molar-refractivity contribution in [1.29, 1.82) is 0 Å². The number of carbonyl (C=O) groups is 1. The lowest BCUT2D eigenvalue weighted by Gasteiger charge is -2.01. The molecular formula is C22H15Br2FN4O. The highest BCUT2D eigenvalue weighted by Gasteiger charge is 2.14. The van der Waals surface area contributed by atoms with E-state index in [0.717, 1.165) is 26.8 Å². The summed E-state index contributed by atoms with van der Waals surface area (Å²) in [6, 6.07) is 17.7. The Kier molecular flexibility index (Phi) is 5.96. The standard InChI is InChI=1S/C11H7BrFNO.C11H8BrN3/c12-7-3-4-9(13)8(6-7)11(15)10-2-1-5-14-10;12-7-3-4-9-8(6-7)11(15-14-9)10-2-1-5-13-10/h1-6,14H;1-6,13H,(H,14,15). The van der Waals surface area contributed by atoms with E-state index in [4.69, 9.17) is 0 Å². The van der Waals surface area contributed by atoms with Gasteiger partial charge in [0.25, 0.3) is 0 Å². The number of hydrogen-bond acceptors (Lipinski definition) is 2. The molecule has 5 aromatic rings. The number of benzene rings is 2. The Morgan fingerprint density at radius 1 is 0.900 bits per heavy atom. The summed E-state index contributed by atoms with van der Waals surface area (Å²) in [7, 11) is 0. The number of hydrogen-bond donors (Lipinski definition) is 3. The fourth-order valence-corrected chi connectivity index (χ4v) is 3.68. The van der Waals surface area contributed by atoms with Crippen molar-refractivity contribution in [1.82, 2.24) is 20.2 Å². The molecule has 0 radical (unpaired) electrons. The van der Waals surface area contributed by atoms with Crippen LogP contribution in [0.2, 0.25) is 0 Å². The Morgan fingerprint density at radius 3 is 2.37 bits per heavy atom. The second-order valence-corrected chi connectivity index (χ2v) is 8.21. The zero-order valence-corrected chi connectivity index (χ0v) is 18.6. The molecule has 0 amide bonds. The molecular weight excluding hydrogens is 515 g/mol. The van der Waals surface area contributed by atoms with Gasteiger partial charge in [0.1, 0.15) is 11.5 Å². The van der Waals surface area contributed by atoms with Crippen LogP contribution in [0.5, 0.6) is 0 Å². The van der Waals surface area contributed by atoms with Crippen LogP contribution in [-0.4, -0.2) is 25.9 Å². The summed E-state index contributed by atoms with van der Waals surface area (Å²) in [5.41, 5.74) is 3.47. The Bertz CT molecular complexity index is 1290. The maximum atomic E-state index is 13.4. The van der Waals surface area contributed by atoms with Crippen LogP contribution in [-0.2, 0) is 0 Å². The molecule has 0 saturated heterocycles. The van der Waals surface area contributed by atoms with Gasteiger partial charge in [-0.2, -0.15) is 5.10 Å². The van der Waals surface area contributed by atoms with E-state index >= 15 is 0 Å². The van der Waals surface area contributed by atoms with Gasteiger partial charge in [-0.05, 0) is 60.7 Å². The second-order valence-electron chi connectivity index (χ2n) is 6.38. The molecule has 0 atom stereocenters. The van der Waals surface area contributed by atoms with E-state index < -0.39 is 5.82 Å². The lowest BCUT2D eigenvalue weighted by Crippen LogP contribution is -2.04. The first kappa shape index (κ1) is 20.3. The smallest absolute Gasteiger partial charge is 0.212 e. The molecule has 8 heteroatoms. The largest absolute Gasteiger partial charge is 0.360 e. The number of halogens is 3. The number of rotatable bonds is 3. The number of ketones is 1. The van der Waals surface area contributed by atoms with Gasteiger partial charge >= 0.3 is 0 Å². The highest BCUT2D eigenvalue weighted by molar-refractivity contribution is 9.10. The molecule has 5 rings (SSSR count). The highest BCUT2D eigenvalue weighted by atomic mass is 79.9. The number of H-pyrrole nitrogens is 3. The number of aromatic amines is 3. The molecule has 0 aliphatic carbocycles. The van der Waals surface area contributed by atoms with Crippen molar-refractivity contribution in [2.24, 2.45) is 0 Å². The first-order valence-electron chi connectivity index (χ1n) is 8.93. The van der Waals surface area contributed by atoms with Crippen LogP contribution in [0, 0.1) is 5.82 Å². The maximum absolute atomic E-state index is 13.4. The first-order valence-corrected chi connectivity index (χ1v) is 10.5. The molecule has 30 heavy (non-hydrogen) atoms. The van der Waals surface area contributed by atoms with Gasteiger partial charge in [0, 0.05) is 26.7 Å². The SMILES string of the molecule is Brc1ccc2[nH]nc(-c3ccc[nH]3)c2c1.O=C(c1ccc[nH]1)c1cc(Br)ccc1F. The van der Waals surface area contributed by atoms with Crippen molar-refractivity contribution in [3.63, 3.8) is 0 Å². The Morgan fingerprint density at radius 2 is 1.63 bits per heavy atom. The molecule has 0 aliphatic heterocycles. The van der Waals surface area contributed by atoms with E-state index in [1.807, 2.05) is 30.5 Å². The molecule has 0 saturated carbocycles. The van der Waals surface area contributed by atoms with Gasteiger partial charge in [0.05, 0.1) is 22.5 Å². The summed E-state index contributed by atoms with van der Waals surface area (Å²) in [6.45, 7) is 0. The van der Waals surface area contributed by atoms with Gasteiger partial charge in [0.15, 0.2) is 0 Å². The number of carbonyl (C=O) groups excluding carboxylic acids is 1. The van der Waals surface area contributed by atoms with Crippen molar-refractivity contribution in [2.75, 3.05) is 0 Å². The van der Waals surface area contributed by atoms with Crippen LogP contribution >= 0.6 is 31.9 Å². The molecule has 0 fully saturated rings. The predicted molar refractivity (Wildman–Crippen MR) is 122 cm³/mol. The Hall–Kier alpha value is -2.97. The van der Waals surface area contributed by atoms with Crippen LogP contribution in [0.3, 0.4) is 0 Å². The molecule has 2 aromatic carbocycles. The Labute approximate surface area is 188 Å². The summed E-state index contributed by atoms with van der Waals surface area (Å²) in [5.74, 6) is -0.864. The maximum Gasteiger partial charge on any atom is 0.212 e. The molecule has 0 aliphatic rings. The normalized spacial score (nSPS) is 10.6. The summed E-state index contributed by atoms with van der Waals surface area (Å²) >= 11 is 6.66. The topological polar surface area (TPSA) is 77.3 Å². The van der Waals surface area contributed by atoms with Crippen LogP contribution in [0.4, 0.5) is 4.39 Å². The van der Waals surface area contributed by atoms with Gasteiger partial charge in [-0.3, -0.25) is 9.89 Å². The third-order valence-electron chi connectivity index (χ3n) is 4.39. The minimum atomic E-state index is -0.516. The monoisotopic (exact) mass is 528 g/mol. The molecule has 3 heterocycles. The van der Waals surface area contributed by atoms with E-state index in [1.165, 1.54) is 12.1 Å². The number of fused-ring (bicyclic) bond motifs is 1. The quantitative estimate of drug-likeness (QED) is 0.234. The molecule has 5 nitrogen and oxygen atoms in total. The molecule has 0 unspecified atom stereocenters. The van der Waals surface area contributed by atoms with E-state index in [-0.39, 0.29) is 11.3 Å². The average molecular weight is 530 g/mol. The summed E-state index contributed by atoms with van der Waals surface area (Å²) in [4.78, 5) is 17.7. The van der Waals surface area contributed by atoms with Crippen molar-refractivity contribution in [3.05, 3.63) is 99.1 Å². The summed E-state index contributed by atoms with van der Waals surface area (Å²) in [5, 5.41) is 8.43. The fourth-order valence-electron chi connectivity index (χ4n) is 2.96. The van der Waals surface area contributed by atoms with Crippen LogP contribution in [0.15, 0.2) is 82.0 Å². The summed E-state index contributed by atoms with van der Waals surface area (Å²) < 4.78 is 15.1. The summed E-state index contributed by atoms with van der Waals surface area (Å²) in [6.07, 6.45) is 3.52. The second kappa shape index (κ2) is 8.81. The van der Waals surface area contributed by atoms with E-state index in [2.05, 4.69) is 58.1 Å². The van der Waals surface area contributed by atoms with Crippen molar-refractivity contribution < 1.29 is 9.18 Å². The van der Waals surface area contributed by atoms with Crippen LogP contribution in [0.25, 0.3) is 22.3 Å². The van der Waals surface area contributed by atoms with Crippen molar-refractivity contribution >= 4 is 48.5 Å². The third-order valence-corrected chi connectivity index (χ3v) is 5.38. The van der Waals surface area contributed by atoms with Crippen molar-refractivity contribution in [2.45, 2.75) is 0 Å². The molecule has 150 valence electrons. The number of nitrogens with one attached hydrogen (secondary N) is 3. The van der Waals surface area contributed by atoms with Crippen LogP contribution < -0.4 is 0 Å². The molecule has 0 bridgehead atoms. The average Bonchev–Trinajstić information content (AvgIpc) is 3.50. The van der Waals surface area contributed by atoms with Gasteiger partial charge in [-0.25, -0.2) is 4.39 Å². The van der Waals surface area contributed by atoms with Gasteiger partial charge < -0.3 is 9.97 Å². The van der Waals surface area contributed by atoms with E-state index in [0.29, 0.717) is 10.2 Å². The zero-order chi connectivity index (χ0) is 21.1. The van der Waals surface area contributed by atoms with Crippen molar-refractivity contribution in [3.8, 4) is 11.4 Å². The minimum absolute atomic E-state index is 0.0619. The molecule has 3 aromatic heterocycles. The molecule has 3 N–H and O–H groups in total. The van der Waals surface area contributed by atoms with E-state index in [9.17, 15) is 9.18 Å². The first-order chi connectivity index (χ1) is 14.5. The molecule has 0 spiro atoms. The third kappa shape index (κ3) is 4.29. The van der Waals surface area contributed by atoms with E-state index in [1.54, 1.807) is 24.4 Å². The van der Waals surface area contributed by atoms with Gasteiger partial charge in [-0.1, -0.05) is 31.9 Å². The highest BCUT2D eigenvalue weighted by Crippen LogP contribution is 2.27. The fraction of sp³-hybridized carbons (Fsp3) is 0. The lowest BCUT2D eigenvalue weighted by atomic mass is 10.1. The van der Waals surface area contributed by atoms with Gasteiger partial charge in [-0.15, -0.1) is 0 Å². The number of nitrogens with zero attached hydrogens (tertiary/aromatic N) is 1. The minimum Gasteiger partial charge on any atom is -0.360 e. The zero-order valence-electron chi connectivity index (χ0n) is 15.4. The predicted octanol–water partition coefficient (Wildman–Crippen LogP) is 6.47. The number of aromatic nitrogens is 4. The Balaban J connectivity index is 0.000000145. The van der Waals surface area contributed by atoms with Gasteiger partial charge in [0.2, 0.25) is 5.78 Å². The lowest BCUT2D eigenvalue weighted by molar-refractivity contribution is 0.103. The van der Waals surface area contributed by atoms with Crippen LogP contribution in [0.1, 0.15) is 16.1 Å².